The Bertz CT molecular complexity index is 193. The molecule has 0 aromatic heterocycles. The van der Waals surface area contributed by atoms with Crippen LogP contribution >= 0.6 is 0 Å². The van der Waals surface area contributed by atoms with Crippen molar-refractivity contribution in [3.05, 3.63) is 0 Å². The summed E-state index contributed by atoms with van der Waals surface area (Å²) in [6, 6.07) is 0. The summed E-state index contributed by atoms with van der Waals surface area (Å²) < 4.78 is 5.37. The lowest BCUT2D eigenvalue weighted by Gasteiger charge is -2.41. The van der Waals surface area contributed by atoms with Crippen molar-refractivity contribution in [3.8, 4) is 0 Å². The molecule has 16 heavy (non-hydrogen) atoms. The zero-order chi connectivity index (χ0) is 11.3. The monoisotopic (exact) mass is 226 g/mol. The predicted octanol–water partition coefficient (Wildman–Crippen LogP) is 1.52. The highest BCUT2D eigenvalue weighted by atomic mass is 16.5. The molecule has 94 valence electrons. The third-order valence-corrected chi connectivity index (χ3v) is 4.42. The molecule has 1 aliphatic carbocycles. The number of nitrogens with one attached hydrogen (secondary N) is 1. The Morgan fingerprint density at radius 1 is 1.25 bits per heavy atom. The molecule has 3 nitrogen and oxygen atoms in total. The minimum atomic E-state index is 0.454. The summed E-state index contributed by atoms with van der Waals surface area (Å²) in [6.07, 6.45) is 7.85. The summed E-state index contributed by atoms with van der Waals surface area (Å²) in [6.45, 7) is 5.09. The first kappa shape index (κ1) is 12.3. The van der Waals surface area contributed by atoms with E-state index >= 15 is 0 Å². The minimum Gasteiger partial charge on any atom is -0.381 e. The highest BCUT2D eigenvalue weighted by molar-refractivity contribution is 4.90. The maximum atomic E-state index is 5.84. The largest absolute Gasteiger partial charge is 0.381 e. The molecule has 2 aliphatic rings. The molecule has 0 aromatic rings. The lowest BCUT2D eigenvalue weighted by Crippen LogP contribution is -2.45. The van der Waals surface area contributed by atoms with Crippen LogP contribution in [0.15, 0.2) is 0 Å². The summed E-state index contributed by atoms with van der Waals surface area (Å²) in [5.74, 6) is 0.886. The Labute approximate surface area is 99.1 Å². The molecule has 0 atom stereocenters. The van der Waals surface area contributed by atoms with Gasteiger partial charge in [-0.25, -0.2) is 0 Å². The van der Waals surface area contributed by atoms with Crippen molar-refractivity contribution in [2.45, 2.75) is 38.5 Å². The van der Waals surface area contributed by atoms with E-state index in [1.54, 1.807) is 0 Å². The molecule has 0 amide bonds. The van der Waals surface area contributed by atoms with Crippen LogP contribution in [0.25, 0.3) is 0 Å². The lowest BCUT2D eigenvalue weighted by molar-refractivity contribution is 0.0631. The van der Waals surface area contributed by atoms with Gasteiger partial charge in [0.2, 0.25) is 0 Å². The van der Waals surface area contributed by atoms with Gasteiger partial charge in [0.1, 0.15) is 0 Å². The fourth-order valence-corrected chi connectivity index (χ4v) is 2.82. The first-order chi connectivity index (χ1) is 7.85. The molecule has 1 heterocycles. The Kier molecular flexibility index (Phi) is 4.62. The SMILES string of the molecule is NCC1(CNCCC2CCOCC2)CCC1. The fourth-order valence-electron chi connectivity index (χ4n) is 2.82. The zero-order valence-electron chi connectivity index (χ0n) is 10.3. The van der Waals surface area contributed by atoms with Crippen molar-refractivity contribution in [1.82, 2.24) is 5.32 Å². The smallest absolute Gasteiger partial charge is 0.0468 e. The molecule has 3 heteroatoms. The molecule has 0 unspecified atom stereocenters. The van der Waals surface area contributed by atoms with Gasteiger partial charge >= 0.3 is 0 Å². The van der Waals surface area contributed by atoms with Crippen LogP contribution in [0.2, 0.25) is 0 Å². The van der Waals surface area contributed by atoms with Crippen molar-refractivity contribution in [2.75, 3.05) is 32.8 Å². The van der Waals surface area contributed by atoms with E-state index in [2.05, 4.69) is 5.32 Å². The first-order valence-electron chi connectivity index (χ1n) is 6.83. The van der Waals surface area contributed by atoms with Gasteiger partial charge in [-0.3, -0.25) is 0 Å². The van der Waals surface area contributed by atoms with E-state index in [9.17, 15) is 0 Å². The molecule has 3 N–H and O–H groups in total. The molecule has 2 fully saturated rings. The predicted molar refractivity (Wildman–Crippen MR) is 66.4 cm³/mol. The number of hydrogen-bond acceptors (Lipinski definition) is 3. The van der Waals surface area contributed by atoms with Gasteiger partial charge in [-0.05, 0) is 56.5 Å². The van der Waals surface area contributed by atoms with Crippen LogP contribution in [-0.2, 0) is 4.74 Å². The zero-order valence-corrected chi connectivity index (χ0v) is 10.3. The molecule has 1 saturated carbocycles. The Morgan fingerprint density at radius 3 is 2.56 bits per heavy atom. The van der Waals surface area contributed by atoms with Crippen molar-refractivity contribution >= 4 is 0 Å². The van der Waals surface area contributed by atoms with Crippen molar-refractivity contribution in [3.63, 3.8) is 0 Å². The molecule has 1 aliphatic heterocycles. The van der Waals surface area contributed by atoms with Crippen molar-refractivity contribution < 1.29 is 4.74 Å². The van der Waals surface area contributed by atoms with Gasteiger partial charge < -0.3 is 15.8 Å². The van der Waals surface area contributed by atoms with Gasteiger partial charge in [0, 0.05) is 19.8 Å². The van der Waals surface area contributed by atoms with Crippen LogP contribution in [0.1, 0.15) is 38.5 Å². The second kappa shape index (κ2) is 5.99. The van der Waals surface area contributed by atoms with Crippen LogP contribution in [0.5, 0.6) is 0 Å². The molecular weight excluding hydrogens is 200 g/mol. The first-order valence-corrected chi connectivity index (χ1v) is 6.83. The third kappa shape index (κ3) is 3.19. The number of rotatable bonds is 6. The van der Waals surface area contributed by atoms with E-state index in [-0.39, 0.29) is 0 Å². The van der Waals surface area contributed by atoms with Crippen LogP contribution in [0, 0.1) is 11.3 Å². The highest BCUT2D eigenvalue weighted by Crippen LogP contribution is 2.39. The standard InChI is InChI=1S/C13H26N2O/c14-10-13(5-1-6-13)11-15-7-2-12-3-8-16-9-4-12/h12,15H,1-11,14H2. The maximum Gasteiger partial charge on any atom is 0.0468 e. The summed E-state index contributed by atoms with van der Waals surface area (Å²) in [5, 5.41) is 3.61. The van der Waals surface area contributed by atoms with Crippen LogP contribution in [0.3, 0.4) is 0 Å². The van der Waals surface area contributed by atoms with Gasteiger partial charge in [-0.1, -0.05) is 6.42 Å². The van der Waals surface area contributed by atoms with E-state index in [4.69, 9.17) is 10.5 Å². The second-order valence-electron chi connectivity index (χ2n) is 5.58. The number of hydrogen-bond donors (Lipinski definition) is 2. The quantitative estimate of drug-likeness (QED) is 0.675. The van der Waals surface area contributed by atoms with Crippen LogP contribution in [0.4, 0.5) is 0 Å². The van der Waals surface area contributed by atoms with Crippen LogP contribution < -0.4 is 11.1 Å². The minimum absolute atomic E-state index is 0.454. The number of ether oxygens (including phenoxy) is 1. The maximum absolute atomic E-state index is 5.84. The summed E-state index contributed by atoms with van der Waals surface area (Å²) in [5.41, 5.74) is 6.29. The molecule has 0 aromatic carbocycles. The summed E-state index contributed by atoms with van der Waals surface area (Å²) in [7, 11) is 0. The van der Waals surface area contributed by atoms with Gasteiger partial charge in [0.15, 0.2) is 0 Å². The van der Waals surface area contributed by atoms with Gasteiger partial charge in [0.05, 0.1) is 0 Å². The molecule has 0 spiro atoms. The normalized spacial score (nSPS) is 25.3. The Morgan fingerprint density at radius 2 is 2.00 bits per heavy atom. The fraction of sp³-hybridized carbons (Fsp3) is 1.00. The van der Waals surface area contributed by atoms with E-state index in [1.807, 2.05) is 0 Å². The average Bonchev–Trinajstić information content (AvgIpc) is 2.29. The molecule has 2 rings (SSSR count). The van der Waals surface area contributed by atoms with Gasteiger partial charge in [0.25, 0.3) is 0 Å². The van der Waals surface area contributed by atoms with Gasteiger partial charge in [-0.15, -0.1) is 0 Å². The van der Waals surface area contributed by atoms with Gasteiger partial charge in [-0.2, -0.15) is 0 Å². The van der Waals surface area contributed by atoms with E-state index in [0.717, 1.165) is 38.8 Å². The molecule has 0 bridgehead atoms. The average molecular weight is 226 g/mol. The Balaban J connectivity index is 1.54. The molecule has 1 saturated heterocycles. The van der Waals surface area contributed by atoms with Crippen LogP contribution in [-0.4, -0.2) is 32.8 Å². The van der Waals surface area contributed by atoms with Crippen molar-refractivity contribution in [1.29, 1.82) is 0 Å². The summed E-state index contributed by atoms with van der Waals surface area (Å²) >= 11 is 0. The summed E-state index contributed by atoms with van der Waals surface area (Å²) in [4.78, 5) is 0. The second-order valence-corrected chi connectivity index (χ2v) is 5.58. The highest BCUT2D eigenvalue weighted by Gasteiger charge is 2.34. The third-order valence-electron chi connectivity index (χ3n) is 4.42. The lowest BCUT2D eigenvalue weighted by atomic mass is 9.69. The van der Waals surface area contributed by atoms with E-state index in [0.29, 0.717) is 5.41 Å². The number of nitrogens with two attached hydrogens (primary N) is 1. The van der Waals surface area contributed by atoms with Crippen molar-refractivity contribution in [2.24, 2.45) is 17.1 Å². The molecular formula is C13H26N2O. The van der Waals surface area contributed by atoms with E-state index < -0.39 is 0 Å². The molecule has 0 radical (unpaired) electrons. The Hall–Kier alpha value is -0.120. The topological polar surface area (TPSA) is 47.3 Å². The van der Waals surface area contributed by atoms with E-state index in [1.165, 1.54) is 38.5 Å².